The van der Waals surface area contributed by atoms with E-state index < -0.39 is 21.0 Å². The summed E-state index contributed by atoms with van der Waals surface area (Å²) < 4.78 is 26.2. The highest BCUT2D eigenvalue weighted by Gasteiger charge is 2.20. The summed E-state index contributed by atoms with van der Waals surface area (Å²) in [5.74, 6) is 0. The van der Waals surface area contributed by atoms with Crippen LogP contribution in [0.2, 0.25) is 0 Å². The Morgan fingerprint density at radius 1 is 1.53 bits per heavy atom. The molecule has 0 heterocycles. The van der Waals surface area contributed by atoms with E-state index in [1.165, 1.54) is 12.1 Å². The Morgan fingerprint density at radius 3 is 2.53 bits per heavy atom. The first-order valence-electron chi connectivity index (χ1n) is 4.94. The lowest BCUT2D eigenvalue weighted by Gasteiger charge is -2.12. The summed E-state index contributed by atoms with van der Waals surface area (Å²) in [7, 11) is -3.72. The first-order valence-corrected chi connectivity index (χ1v) is 7.22. The van der Waals surface area contributed by atoms with Crippen LogP contribution in [0.15, 0.2) is 27.6 Å². The van der Waals surface area contributed by atoms with Gasteiger partial charge in [-0.3, -0.25) is 10.1 Å². The fraction of sp³-hybridized carbons (Fsp3) is 0.333. The second-order valence-electron chi connectivity index (χ2n) is 3.63. The van der Waals surface area contributed by atoms with E-state index in [0.717, 1.165) is 6.07 Å². The van der Waals surface area contributed by atoms with Gasteiger partial charge in [-0.05, 0) is 35.0 Å². The molecule has 10 heteroatoms. The van der Waals surface area contributed by atoms with Gasteiger partial charge in [0.15, 0.2) is 0 Å². The van der Waals surface area contributed by atoms with Gasteiger partial charge >= 0.3 is 0 Å². The van der Waals surface area contributed by atoms with Gasteiger partial charge in [0.2, 0.25) is 10.0 Å². The molecule has 1 aromatic rings. The predicted molar refractivity (Wildman–Crippen MR) is 76.9 cm³/mol. The molecule has 0 spiro atoms. The zero-order valence-electron chi connectivity index (χ0n) is 9.87. The van der Waals surface area contributed by atoms with Gasteiger partial charge in [-0.1, -0.05) is 0 Å². The van der Waals surface area contributed by atoms with Crippen molar-refractivity contribution < 1.29 is 13.3 Å². The summed E-state index contributed by atoms with van der Waals surface area (Å²) in [6.45, 7) is 1.78. The van der Waals surface area contributed by atoms with E-state index in [4.69, 9.17) is 5.73 Å². The van der Waals surface area contributed by atoms with Crippen molar-refractivity contribution in [2.45, 2.75) is 17.9 Å². The largest absolute Gasteiger partial charge is 0.329 e. The zero-order chi connectivity index (χ0) is 13.9. The first kappa shape index (κ1) is 18.3. The molecule has 3 N–H and O–H groups in total. The molecule has 0 aromatic heterocycles. The number of nitro groups is 1. The molecule has 0 aliphatic rings. The molecule has 0 amide bonds. The average Bonchev–Trinajstić information content (AvgIpc) is 2.27. The Balaban J connectivity index is 0.00000324. The quantitative estimate of drug-likeness (QED) is 0.597. The van der Waals surface area contributed by atoms with Crippen molar-refractivity contribution in [2.75, 3.05) is 6.54 Å². The normalized spacial score (nSPS) is 12.6. The number of benzene rings is 1. The molecule has 1 aromatic carbocycles. The molecule has 1 rings (SSSR count). The van der Waals surface area contributed by atoms with Gasteiger partial charge in [-0.2, -0.15) is 0 Å². The summed E-state index contributed by atoms with van der Waals surface area (Å²) in [6.07, 6.45) is 0. The van der Waals surface area contributed by atoms with Crippen molar-refractivity contribution in [3.05, 3.63) is 32.8 Å². The summed E-state index contributed by atoms with van der Waals surface area (Å²) in [4.78, 5) is 9.94. The number of hydrogen-bond acceptors (Lipinski definition) is 5. The van der Waals surface area contributed by atoms with Gasteiger partial charge in [0, 0.05) is 18.7 Å². The Labute approximate surface area is 125 Å². The van der Waals surface area contributed by atoms with E-state index in [-0.39, 0.29) is 34.0 Å². The molecule has 0 bridgehead atoms. The number of nitrogens with one attached hydrogen (secondary N) is 1. The van der Waals surface area contributed by atoms with Crippen molar-refractivity contribution in [3.63, 3.8) is 0 Å². The molecule has 0 saturated heterocycles. The minimum atomic E-state index is -3.72. The lowest BCUT2D eigenvalue weighted by atomic mass is 10.3. The number of nitro benzene ring substituents is 1. The summed E-state index contributed by atoms with van der Waals surface area (Å²) >= 11 is 2.96. The molecule has 0 saturated carbocycles. The summed E-state index contributed by atoms with van der Waals surface area (Å²) in [6, 6.07) is 3.08. The smallest absolute Gasteiger partial charge is 0.283 e. The van der Waals surface area contributed by atoms with Crippen LogP contribution >= 0.6 is 28.3 Å². The van der Waals surface area contributed by atoms with Crippen LogP contribution < -0.4 is 10.5 Å². The van der Waals surface area contributed by atoms with Crippen molar-refractivity contribution in [1.29, 1.82) is 0 Å². The number of hydrogen-bond donors (Lipinski definition) is 2. The molecule has 0 fully saturated rings. The van der Waals surface area contributed by atoms with Crippen LogP contribution in [0.1, 0.15) is 6.92 Å². The number of halogens is 2. The van der Waals surface area contributed by atoms with Crippen LogP contribution in [-0.4, -0.2) is 25.9 Å². The first-order chi connectivity index (χ1) is 8.27. The second-order valence-corrected chi connectivity index (χ2v) is 6.20. The molecule has 108 valence electrons. The molecule has 19 heavy (non-hydrogen) atoms. The standard InChI is InChI=1S/C9H12BrN3O4S.ClH/c1-6(5-11)12-18(16,17)7-2-3-9(13(14)15)8(10)4-7;/h2-4,6,12H,5,11H2,1H3;1H/t6-;/m0./s1. The van der Waals surface area contributed by atoms with E-state index in [9.17, 15) is 18.5 Å². The number of sulfonamides is 1. The number of rotatable bonds is 5. The van der Waals surface area contributed by atoms with Gasteiger partial charge < -0.3 is 5.73 Å². The van der Waals surface area contributed by atoms with Gasteiger partial charge in [0.05, 0.1) is 14.3 Å². The maximum Gasteiger partial charge on any atom is 0.283 e. The van der Waals surface area contributed by atoms with Crippen LogP contribution in [0.5, 0.6) is 0 Å². The average molecular weight is 375 g/mol. The van der Waals surface area contributed by atoms with Crippen LogP contribution in [-0.2, 0) is 10.0 Å². The van der Waals surface area contributed by atoms with Crippen LogP contribution in [0.4, 0.5) is 5.69 Å². The zero-order valence-corrected chi connectivity index (χ0v) is 13.1. The fourth-order valence-corrected chi connectivity index (χ4v) is 3.14. The number of nitrogens with two attached hydrogens (primary N) is 1. The maximum atomic E-state index is 11.9. The molecule has 7 nitrogen and oxygen atoms in total. The lowest BCUT2D eigenvalue weighted by molar-refractivity contribution is -0.385. The third-order valence-corrected chi connectivity index (χ3v) is 4.36. The highest BCUT2D eigenvalue weighted by Crippen LogP contribution is 2.27. The summed E-state index contributed by atoms with van der Waals surface area (Å²) in [5, 5.41) is 10.6. The minimum Gasteiger partial charge on any atom is -0.329 e. The summed E-state index contributed by atoms with van der Waals surface area (Å²) in [5.41, 5.74) is 5.13. The van der Waals surface area contributed by atoms with E-state index in [1.54, 1.807) is 6.92 Å². The van der Waals surface area contributed by atoms with E-state index in [2.05, 4.69) is 20.7 Å². The SMILES string of the molecule is C[C@@H](CN)NS(=O)(=O)c1ccc([N+](=O)[O-])c(Br)c1.Cl. The molecule has 0 radical (unpaired) electrons. The maximum absolute atomic E-state index is 11.9. The Bertz CT molecular complexity index is 567. The minimum absolute atomic E-state index is 0. The third kappa shape index (κ3) is 4.69. The van der Waals surface area contributed by atoms with Crippen molar-refractivity contribution >= 4 is 44.0 Å². The second kappa shape index (κ2) is 7.15. The highest BCUT2D eigenvalue weighted by molar-refractivity contribution is 9.10. The van der Waals surface area contributed by atoms with E-state index in [0.29, 0.717) is 0 Å². The van der Waals surface area contributed by atoms with Gasteiger partial charge in [0.25, 0.3) is 5.69 Å². The Hall–Kier alpha value is -0.740. The number of nitrogens with zero attached hydrogens (tertiary/aromatic N) is 1. The molecule has 0 aliphatic heterocycles. The third-order valence-electron chi connectivity index (χ3n) is 2.14. The molecule has 0 unspecified atom stereocenters. The topological polar surface area (TPSA) is 115 Å². The van der Waals surface area contributed by atoms with Crippen LogP contribution in [0, 0.1) is 10.1 Å². The lowest BCUT2D eigenvalue weighted by Crippen LogP contribution is -2.37. The highest BCUT2D eigenvalue weighted by atomic mass is 79.9. The molecule has 1 atom stereocenters. The van der Waals surface area contributed by atoms with Crippen molar-refractivity contribution in [1.82, 2.24) is 4.72 Å². The Morgan fingerprint density at radius 2 is 2.11 bits per heavy atom. The van der Waals surface area contributed by atoms with Gasteiger partial charge in [0.1, 0.15) is 0 Å². The van der Waals surface area contributed by atoms with Gasteiger partial charge in [-0.15, -0.1) is 12.4 Å². The van der Waals surface area contributed by atoms with Crippen molar-refractivity contribution in [3.8, 4) is 0 Å². The molecular weight excluding hydrogens is 362 g/mol. The van der Waals surface area contributed by atoms with E-state index in [1.807, 2.05) is 0 Å². The van der Waals surface area contributed by atoms with E-state index >= 15 is 0 Å². The van der Waals surface area contributed by atoms with Crippen LogP contribution in [0.25, 0.3) is 0 Å². The molecule has 0 aliphatic carbocycles. The van der Waals surface area contributed by atoms with Crippen molar-refractivity contribution in [2.24, 2.45) is 5.73 Å². The predicted octanol–water partition coefficient (Wildman–Crippen LogP) is 1.40. The van der Waals surface area contributed by atoms with Crippen LogP contribution in [0.3, 0.4) is 0 Å². The fourth-order valence-electron chi connectivity index (χ4n) is 1.18. The molecular formula is C9H13BrClN3O4S. The monoisotopic (exact) mass is 373 g/mol. The Kier molecular flexibility index (Phi) is 6.87. The van der Waals surface area contributed by atoms with Gasteiger partial charge in [-0.25, -0.2) is 13.1 Å².